The van der Waals surface area contributed by atoms with E-state index in [1.165, 1.54) is 51.6 Å². The van der Waals surface area contributed by atoms with Crippen LogP contribution >= 0.6 is 15.9 Å². The first-order chi connectivity index (χ1) is 9.20. The minimum absolute atomic E-state index is 0.406. The summed E-state index contributed by atoms with van der Waals surface area (Å²) in [7, 11) is 0. The first-order valence-electron chi connectivity index (χ1n) is 8.10. The lowest BCUT2D eigenvalue weighted by molar-refractivity contribution is 0.0586. The standard InChI is InChI=1S/C15H28BrN3/c1-2-3-7-19-8-6-11-14(17)12-9-10(16)4-5-13(12)18-15(11)19/h10-15,18H,2-9,17H2,1H3. The zero-order valence-electron chi connectivity index (χ0n) is 12.0. The van der Waals surface area contributed by atoms with Crippen LogP contribution in [-0.4, -0.2) is 41.1 Å². The SMILES string of the molecule is CCCCN1CCC2C(N)C3CC(Br)CCC3NC21. The van der Waals surface area contributed by atoms with Crippen molar-refractivity contribution >= 4 is 15.9 Å². The summed E-state index contributed by atoms with van der Waals surface area (Å²) in [5.74, 6) is 1.36. The molecule has 2 aliphatic heterocycles. The number of nitrogens with zero attached hydrogens (tertiary/aromatic N) is 1. The van der Waals surface area contributed by atoms with Gasteiger partial charge in [0.1, 0.15) is 0 Å². The molecule has 0 spiro atoms. The minimum atomic E-state index is 0.406. The van der Waals surface area contributed by atoms with Crippen molar-refractivity contribution in [1.29, 1.82) is 0 Å². The molecule has 6 atom stereocenters. The first kappa shape index (κ1) is 14.3. The van der Waals surface area contributed by atoms with Gasteiger partial charge in [0.25, 0.3) is 0 Å². The predicted octanol–water partition coefficient (Wildman–Crippen LogP) is 2.30. The molecule has 3 N–H and O–H groups in total. The maximum absolute atomic E-state index is 6.64. The molecule has 0 amide bonds. The van der Waals surface area contributed by atoms with Gasteiger partial charge in [-0.2, -0.15) is 0 Å². The van der Waals surface area contributed by atoms with E-state index in [-0.39, 0.29) is 0 Å². The van der Waals surface area contributed by atoms with Crippen molar-refractivity contribution in [2.24, 2.45) is 17.6 Å². The number of nitrogens with two attached hydrogens (primary N) is 1. The number of fused-ring (bicyclic) bond motifs is 2. The summed E-state index contributed by atoms with van der Waals surface area (Å²) < 4.78 is 0. The monoisotopic (exact) mass is 329 g/mol. The normalized spacial score (nSPS) is 46.9. The Morgan fingerprint density at radius 2 is 2.11 bits per heavy atom. The molecule has 0 aromatic carbocycles. The minimum Gasteiger partial charge on any atom is -0.327 e. The van der Waals surface area contributed by atoms with Crippen molar-refractivity contribution in [3.05, 3.63) is 0 Å². The maximum Gasteiger partial charge on any atom is 0.0643 e. The molecule has 0 bridgehead atoms. The molecule has 1 saturated carbocycles. The molecule has 4 heteroatoms. The van der Waals surface area contributed by atoms with Gasteiger partial charge in [-0.1, -0.05) is 29.3 Å². The van der Waals surface area contributed by atoms with E-state index in [4.69, 9.17) is 5.73 Å². The molecule has 3 fully saturated rings. The number of hydrogen-bond acceptors (Lipinski definition) is 3. The van der Waals surface area contributed by atoms with E-state index in [2.05, 4.69) is 33.1 Å². The fourth-order valence-electron chi connectivity index (χ4n) is 4.45. The summed E-state index contributed by atoms with van der Waals surface area (Å²) in [5, 5.41) is 3.95. The van der Waals surface area contributed by atoms with Gasteiger partial charge < -0.3 is 5.73 Å². The number of likely N-dealkylation sites (tertiary alicyclic amines) is 1. The van der Waals surface area contributed by atoms with Crippen molar-refractivity contribution in [2.75, 3.05) is 13.1 Å². The number of piperidine rings is 1. The van der Waals surface area contributed by atoms with E-state index in [0.717, 1.165) is 0 Å². The molecular formula is C15H28BrN3. The zero-order valence-corrected chi connectivity index (χ0v) is 13.6. The summed E-state index contributed by atoms with van der Waals surface area (Å²) >= 11 is 3.80. The van der Waals surface area contributed by atoms with E-state index >= 15 is 0 Å². The second-order valence-electron chi connectivity index (χ2n) is 6.71. The lowest BCUT2D eigenvalue weighted by atomic mass is 9.71. The van der Waals surface area contributed by atoms with Crippen LogP contribution in [0.2, 0.25) is 0 Å². The smallest absolute Gasteiger partial charge is 0.0643 e. The highest BCUT2D eigenvalue weighted by molar-refractivity contribution is 9.09. The number of nitrogens with one attached hydrogen (secondary N) is 1. The molecule has 6 unspecified atom stereocenters. The van der Waals surface area contributed by atoms with Gasteiger partial charge in [0.15, 0.2) is 0 Å². The fourth-order valence-corrected chi connectivity index (χ4v) is 5.14. The second-order valence-corrected chi connectivity index (χ2v) is 8.01. The van der Waals surface area contributed by atoms with Crippen LogP contribution in [0.3, 0.4) is 0 Å². The van der Waals surface area contributed by atoms with Crippen LogP contribution in [0.5, 0.6) is 0 Å². The summed E-state index contributed by atoms with van der Waals surface area (Å²) in [5.41, 5.74) is 6.64. The van der Waals surface area contributed by atoms with Crippen molar-refractivity contribution in [1.82, 2.24) is 10.2 Å². The van der Waals surface area contributed by atoms with Crippen LogP contribution in [0, 0.1) is 11.8 Å². The van der Waals surface area contributed by atoms with Crippen LogP contribution in [0.15, 0.2) is 0 Å². The molecule has 0 radical (unpaired) electrons. The van der Waals surface area contributed by atoms with Crippen molar-refractivity contribution in [3.63, 3.8) is 0 Å². The van der Waals surface area contributed by atoms with Gasteiger partial charge in [0.05, 0.1) is 6.17 Å². The molecule has 110 valence electrons. The number of hydrogen-bond donors (Lipinski definition) is 2. The number of rotatable bonds is 3. The van der Waals surface area contributed by atoms with Gasteiger partial charge in [-0.15, -0.1) is 0 Å². The van der Waals surface area contributed by atoms with Gasteiger partial charge in [-0.25, -0.2) is 0 Å². The Bertz CT molecular complexity index is 312. The van der Waals surface area contributed by atoms with E-state index in [1.807, 2.05) is 0 Å². The average molecular weight is 330 g/mol. The Kier molecular flexibility index (Phi) is 4.52. The van der Waals surface area contributed by atoms with Crippen LogP contribution in [0.25, 0.3) is 0 Å². The lowest BCUT2D eigenvalue weighted by Crippen LogP contribution is -2.65. The van der Waals surface area contributed by atoms with Gasteiger partial charge in [0.2, 0.25) is 0 Å². The zero-order chi connectivity index (χ0) is 13.4. The van der Waals surface area contributed by atoms with E-state index in [9.17, 15) is 0 Å². The average Bonchev–Trinajstić information content (AvgIpc) is 2.81. The highest BCUT2D eigenvalue weighted by Gasteiger charge is 2.48. The second kappa shape index (κ2) is 6.00. The van der Waals surface area contributed by atoms with E-state index in [0.29, 0.717) is 34.9 Å². The van der Waals surface area contributed by atoms with Crippen LogP contribution < -0.4 is 11.1 Å². The summed E-state index contributed by atoms with van der Waals surface area (Å²) in [4.78, 5) is 3.35. The van der Waals surface area contributed by atoms with Gasteiger partial charge in [-0.05, 0) is 44.6 Å². The van der Waals surface area contributed by atoms with E-state index in [1.54, 1.807) is 0 Å². The van der Waals surface area contributed by atoms with Crippen LogP contribution in [0.1, 0.15) is 45.4 Å². The topological polar surface area (TPSA) is 41.3 Å². The molecule has 3 rings (SSSR count). The first-order valence-corrected chi connectivity index (χ1v) is 9.02. The summed E-state index contributed by atoms with van der Waals surface area (Å²) in [6.45, 7) is 4.77. The molecule has 0 aromatic heterocycles. The lowest BCUT2D eigenvalue weighted by Gasteiger charge is -2.49. The Morgan fingerprint density at radius 1 is 1.26 bits per heavy atom. The highest BCUT2D eigenvalue weighted by atomic mass is 79.9. The largest absolute Gasteiger partial charge is 0.327 e. The number of unbranched alkanes of at least 4 members (excludes halogenated alkanes) is 1. The number of halogens is 1. The van der Waals surface area contributed by atoms with Crippen LogP contribution in [-0.2, 0) is 0 Å². The highest BCUT2D eigenvalue weighted by Crippen LogP contribution is 2.41. The van der Waals surface area contributed by atoms with Crippen LogP contribution in [0.4, 0.5) is 0 Å². The summed E-state index contributed by atoms with van der Waals surface area (Å²) in [6, 6.07) is 1.07. The Hall–Kier alpha value is 0.360. The molecule has 0 aromatic rings. The molecule has 1 aliphatic carbocycles. The van der Waals surface area contributed by atoms with Gasteiger partial charge in [-0.3, -0.25) is 10.2 Å². The van der Waals surface area contributed by atoms with Crippen molar-refractivity contribution in [3.8, 4) is 0 Å². The third-order valence-electron chi connectivity index (χ3n) is 5.56. The van der Waals surface area contributed by atoms with Crippen molar-refractivity contribution in [2.45, 2.75) is 68.5 Å². The predicted molar refractivity (Wildman–Crippen MR) is 83.3 cm³/mol. The summed E-state index contributed by atoms with van der Waals surface area (Å²) in [6.07, 6.45) is 8.31. The quantitative estimate of drug-likeness (QED) is 0.780. The maximum atomic E-state index is 6.64. The fraction of sp³-hybridized carbons (Fsp3) is 1.00. The third-order valence-corrected chi connectivity index (χ3v) is 6.39. The van der Waals surface area contributed by atoms with Crippen molar-refractivity contribution < 1.29 is 0 Å². The number of alkyl halides is 1. The Morgan fingerprint density at radius 3 is 2.89 bits per heavy atom. The molecule has 3 nitrogen and oxygen atoms in total. The molecular weight excluding hydrogens is 302 g/mol. The Labute approximate surface area is 125 Å². The third kappa shape index (κ3) is 2.74. The molecule has 3 aliphatic rings. The molecule has 2 heterocycles. The molecule has 2 saturated heterocycles. The molecule has 19 heavy (non-hydrogen) atoms. The Balaban J connectivity index is 1.68. The van der Waals surface area contributed by atoms with Gasteiger partial charge >= 0.3 is 0 Å². The van der Waals surface area contributed by atoms with E-state index < -0.39 is 0 Å². The van der Waals surface area contributed by atoms with Gasteiger partial charge in [0, 0.05) is 29.4 Å².